The molecule has 3 rings (SSSR count). The second kappa shape index (κ2) is 8.50. The number of carbonyl (C=O) groups excluding carboxylic acids is 1. The summed E-state index contributed by atoms with van der Waals surface area (Å²) in [5, 5.41) is 5.34. The zero-order valence-corrected chi connectivity index (χ0v) is 15.1. The molecule has 4 nitrogen and oxygen atoms in total. The largest absolute Gasteiger partial charge is 0.416 e. The van der Waals surface area contributed by atoms with Gasteiger partial charge in [0.1, 0.15) is 5.82 Å². The highest BCUT2D eigenvalue weighted by Gasteiger charge is 2.30. The van der Waals surface area contributed by atoms with Crippen LogP contribution >= 0.6 is 0 Å². The molecule has 1 atom stereocenters. The molecule has 0 spiro atoms. The molecule has 28 heavy (non-hydrogen) atoms. The van der Waals surface area contributed by atoms with Gasteiger partial charge in [-0.05, 0) is 54.3 Å². The molecule has 2 N–H and O–H groups in total. The second-order valence-electron chi connectivity index (χ2n) is 6.84. The molecule has 1 aliphatic rings. The first-order chi connectivity index (χ1) is 13.3. The van der Waals surface area contributed by atoms with E-state index < -0.39 is 17.8 Å². The van der Waals surface area contributed by atoms with Crippen molar-refractivity contribution in [2.45, 2.75) is 19.1 Å². The lowest BCUT2D eigenvalue weighted by Gasteiger charge is -2.19. The van der Waals surface area contributed by atoms with Crippen LogP contribution in [0.25, 0.3) is 0 Å². The Balaban J connectivity index is 1.42. The quantitative estimate of drug-likeness (QED) is 0.747. The molecule has 1 saturated heterocycles. The van der Waals surface area contributed by atoms with Gasteiger partial charge in [-0.15, -0.1) is 0 Å². The number of benzene rings is 2. The summed E-state index contributed by atoms with van der Waals surface area (Å²) in [6, 6.07) is 10.8. The first-order valence-electron chi connectivity index (χ1n) is 8.99. The topological polar surface area (TPSA) is 44.4 Å². The maximum absolute atomic E-state index is 13.0. The number of carbonyl (C=O) groups is 1. The summed E-state index contributed by atoms with van der Waals surface area (Å²) >= 11 is 0. The standard InChI is InChI=1S/C20H21F4N3O/c21-17-4-6-18(7-5-17)27-9-8-15(13-27)12-26-19(28)25-11-14-2-1-3-16(10-14)20(22,23)24/h1-7,10,15H,8-9,11-13H2,(H2,25,26,28). The number of alkyl halides is 3. The molecule has 0 aliphatic carbocycles. The molecule has 1 unspecified atom stereocenters. The summed E-state index contributed by atoms with van der Waals surface area (Å²) in [4.78, 5) is 14.1. The average molecular weight is 395 g/mol. The molecule has 1 fully saturated rings. The van der Waals surface area contributed by atoms with Crippen molar-refractivity contribution in [3.63, 3.8) is 0 Å². The Morgan fingerprint density at radius 2 is 1.86 bits per heavy atom. The third kappa shape index (κ3) is 5.37. The number of urea groups is 1. The van der Waals surface area contributed by atoms with Gasteiger partial charge in [-0.3, -0.25) is 0 Å². The first kappa shape index (κ1) is 20.0. The number of nitrogens with zero attached hydrogens (tertiary/aromatic N) is 1. The van der Waals surface area contributed by atoms with Crippen LogP contribution in [-0.4, -0.2) is 25.7 Å². The van der Waals surface area contributed by atoms with Gasteiger partial charge in [0, 0.05) is 31.9 Å². The molecule has 8 heteroatoms. The average Bonchev–Trinajstić information content (AvgIpc) is 3.14. The van der Waals surface area contributed by atoms with Crippen LogP contribution in [0.4, 0.5) is 28.0 Å². The van der Waals surface area contributed by atoms with Crippen molar-refractivity contribution >= 4 is 11.7 Å². The van der Waals surface area contributed by atoms with E-state index in [1.807, 2.05) is 0 Å². The maximum atomic E-state index is 13.0. The normalized spacial score (nSPS) is 16.9. The lowest BCUT2D eigenvalue weighted by atomic mass is 10.1. The number of amides is 2. The van der Waals surface area contributed by atoms with Crippen LogP contribution in [0.1, 0.15) is 17.5 Å². The minimum atomic E-state index is -4.41. The number of halogens is 4. The van der Waals surface area contributed by atoms with Crippen molar-refractivity contribution in [1.82, 2.24) is 10.6 Å². The second-order valence-corrected chi connectivity index (χ2v) is 6.84. The Bertz CT molecular complexity index is 808. The van der Waals surface area contributed by atoms with Gasteiger partial charge in [-0.2, -0.15) is 13.2 Å². The number of anilines is 1. The summed E-state index contributed by atoms with van der Waals surface area (Å²) in [5.41, 5.74) is 0.588. The predicted octanol–water partition coefficient (Wildman–Crippen LogP) is 4.17. The molecule has 0 aromatic heterocycles. The van der Waals surface area contributed by atoms with E-state index in [2.05, 4.69) is 15.5 Å². The van der Waals surface area contributed by atoms with E-state index in [0.29, 0.717) is 12.1 Å². The smallest absolute Gasteiger partial charge is 0.371 e. The fourth-order valence-electron chi connectivity index (χ4n) is 3.23. The van der Waals surface area contributed by atoms with Crippen molar-refractivity contribution in [3.8, 4) is 0 Å². The highest BCUT2D eigenvalue weighted by molar-refractivity contribution is 5.73. The van der Waals surface area contributed by atoms with Crippen molar-refractivity contribution in [2.75, 3.05) is 24.5 Å². The minimum Gasteiger partial charge on any atom is -0.371 e. The van der Waals surface area contributed by atoms with Gasteiger partial charge in [0.15, 0.2) is 0 Å². The zero-order valence-electron chi connectivity index (χ0n) is 15.1. The van der Waals surface area contributed by atoms with Crippen LogP contribution < -0.4 is 15.5 Å². The molecule has 2 amide bonds. The number of hydrogen-bond donors (Lipinski definition) is 2. The van der Waals surface area contributed by atoms with Gasteiger partial charge in [-0.25, -0.2) is 9.18 Å². The highest BCUT2D eigenvalue weighted by Crippen LogP contribution is 2.29. The monoisotopic (exact) mass is 395 g/mol. The third-order valence-electron chi connectivity index (χ3n) is 4.74. The molecular formula is C20H21F4N3O. The fourth-order valence-corrected chi connectivity index (χ4v) is 3.23. The molecule has 150 valence electrons. The van der Waals surface area contributed by atoms with Gasteiger partial charge in [-0.1, -0.05) is 12.1 Å². The van der Waals surface area contributed by atoms with E-state index in [-0.39, 0.29) is 18.3 Å². The van der Waals surface area contributed by atoms with Gasteiger partial charge in [0.05, 0.1) is 5.56 Å². The lowest BCUT2D eigenvalue weighted by Crippen LogP contribution is -2.38. The summed E-state index contributed by atoms with van der Waals surface area (Å²) < 4.78 is 51.1. The zero-order chi connectivity index (χ0) is 20.1. The fraction of sp³-hybridized carbons (Fsp3) is 0.350. The molecular weight excluding hydrogens is 374 g/mol. The Hall–Kier alpha value is -2.77. The van der Waals surface area contributed by atoms with E-state index in [1.54, 1.807) is 12.1 Å². The Morgan fingerprint density at radius 1 is 1.11 bits per heavy atom. The van der Waals surface area contributed by atoms with Crippen LogP contribution in [-0.2, 0) is 12.7 Å². The van der Waals surface area contributed by atoms with Crippen LogP contribution in [0.3, 0.4) is 0 Å². The number of hydrogen-bond acceptors (Lipinski definition) is 2. The van der Waals surface area contributed by atoms with E-state index in [1.165, 1.54) is 24.3 Å². The summed E-state index contributed by atoms with van der Waals surface area (Å²) in [5.74, 6) is -0.0250. The third-order valence-corrected chi connectivity index (χ3v) is 4.74. The predicted molar refractivity (Wildman–Crippen MR) is 98.4 cm³/mol. The lowest BCUT2D eigenvalue weighted by molar-refractivity contribution is -0.137. The Kier molecular flexibility index (Phi) is 6.06. The molecule has 0 saturated carbocycles. The van der Waals surface area contributed by atoms with Gasteiger partial charge < -0.3 is 15.5 Å². The summed E-state index contributed by atoms with van der Waals surface area (Å²) in [6.07, 6.45) is -3.51. The minimum absolute atomic E-state index is 0.0160. The van der Waals surface area contributed by atoms with E-state index >= 15 is 0 Å². The van der Waals surface area contributed by atoms with Crippen molar-refractivity contribution in [2.24, 2.45) is 5.92 Å². The Labute approximate surface area is 160 Å². The first-order valence-corrected chi connectivity index (χ1v) is 8.99. The van der Waals surface area contributed by atoms with Crippen LogP contribution in [0.5, 0.6) is 0 Å². The van der Waals surface area contributed by atoms with Crippen molar-refractivity contribution in [1.29, 1.82) is 0 Å². The molecule has 0 bridgehead atoms. The molecule has 1 aliphatic heterocycles. The van der Waals surface area contributed by atoms with Crippen molar-refractivity contribution in [3.05, 3.63) is 65.5 Å². The number of rotatable bonds is 5. The SMILES string of the molecule is O=C(NCc1cccc(C(F)(F)F)c1)NCC1CCN(c2ccc(F)cc2)C1. The summed E-state index contributed by atoms with van der Waals surface area (Å²) in [7, 11) is 0. The Morgan fingerprint density at radius 3 is 2.57 bits per heavy atom. The maximum Gasteiger partial charge on any atom is 0.416 e. The van der Waals surface area contributed by atoms with E-state index in [4.69, 9.17) is 0 Å². The van der Waals surface area contributed by atoms with Gasteiger partial charge in [0.2, 0.25) is 0 Å². The summed E-state index contributed by atoms with van der Waals surface area (Å²) in [6.45, 7) is 2.05. The van der Waals surface area contributed by atoms with Gasteiger partial charge in [0.25, 0.3) is 0 Å². The van der Waals surface area contributed by atoms with E-state index in [0.717, 1.165) is 37.3 Å². The van der Waals surface area contributed by atoms with Crippen LogP contribution in [0.15, 0.2) is 48.5 Å². The van der Waals surface area contributed by atoms with E-state index in [9.17, 15) is 22.4 Å². The van der Waals surface area contributed by atoms with Crippen LogP contribution in [0.2, 0.25) is 0 Å². The van der Waals surface area contributed by atoms with Gasteiger partial charge >= 0.3 is 12.2 Å². The van der Waals surface area contributed by atoms with Crippen LogP contribution in [0, 0.1) is 11.7 Å². The molecule has 0 radical (unpaired) electrons. The molecule has 2 aromatic rings. The molecule has 2 aromatic carbocycles. The van der Waals surface area contributed by atoms with Crippen molar-refractivity contribution < 1.29 is 22.4 Å². The number of nitrogens with one attached hydrogen (secondary N) is 2. The molecule has 1 heterocycles. The highest BCUT2D eigenvalue weighted by atomic mass is 19.4.